The maximum Gasteiger partial charge on any atom is 0.340 e. The number of pyridine rings is 1. The molecular formula is C23H21NO5. The average molecular weight is 391 g/mol. The monoisotopic (exact) mass is 391 g/mol. The average Bonchev–Trinajstić information content (AvgIpc) is 2.76. The van der Waals surface area contributed by atoms with Crippen molar-refractivity contribution in [2.24, 2.45) is 0 Å². The Bertz CT molecular complexity index is 1090. The number of ether oxygens (including phenoxy) is 3. The zero-order chi connectivity index (χ0) is 20.8. The van der Waals surface area contributed by atoms with Crippen LogP contribution in [-0.4, -0.2) is 31.1 Å². The highest BCUT2D eigenvalue weighted by Crippen LogP contribution is 2.24. The molecule has 0 atom stereocenters. The molecule has 0 aliphatic rings. The van der Waals surface area contributed by atoms with E-state index in [9.17, 15) is 9.59 Å². The molecule has 0 amide bonds. The molecule has 0 saturated carbocycles. The second-order valence-corrected chi connectivity index (χ2v) is 6.25. The third kappa shape index (κ3) is 4.43. The standard InChI is InChI=1S/C23H21NO5/c1-15-17-9-5-6-10-18(17)24-19(22(15)23(26)28-3)14-29-21(25)13-12-16-8-4-7-11-20(16)27-2/h4-13H,14H2,1-3H3/b13-12+. The fourth-order valence-corrected chi connectivity index (χ4v) is 3.07. The summed E-state index contributed by atoms with van der Waals surface area (Å²) in [6.07, 6.45) is 2.92. The summed E-state index contributed by atoms with van der Waals surface area (Å²) < 4.78 is 15.5. The van der Waals surface area contributed by atoms with E-state index in [0.717, 1.165) is 16.5 Å². The largest absolute Gasteiger partial charge is 0.496 e. The van der Waals surface area contributed by atoms with Crippen molar-refractivity contribution in [3.63, 3.8) is 0 Å². The first-order chi connectivity index (χ1) is 14.0. The summed E-state index contributed by atoms with van der Waals surface area (Å²) in [5.74, 6) is -0.424. The Morgan fingerprint density at radius 2 is 1.76 bits per heavy atom. The minimum Gasteiger partial charge on any atom is -0.496 e. The van der Waals surface area contributed by atoms with Crippen molar-refractivity contribution in [3.05, 3.63) is 77.0 Å². The van der Waals surface area contributed by atoms with Gasteiger partial charge in [0.2, 0.25) is 0 Å². The fraction of sp³-hybridized carbons (Fsp3) is 0.174. The van der Waals surface area contributed by atoms with E-state index >= 15 is 0 Å². The molecule has 0 N–H and O–H groups in total. The molecule has 148 valence electrons. The van der Waals surface area contributed by atoms with Crippen molar-refractivity contribution in [2.75, 3.05) is 14.2 Å². The number of fused-ring (bicyclic) bond motifs is 1. The van der Waals surface area contributed by atoms with Crippen LogP contribution >= 0.6 is 0 Å². The Balaban J connectivity index is 1.83. The summed E-state index contributed by atoms with van der Waals surface area (Å²) in [6.45, 7) is 1.67. The molecule has 0 spiro atoms. The van der Waals surface area contributed by atoms with Crippen molar-refractivity contribution >= 4 is 28.9 Å². The summed E-state index contributed by atoms with van der Waals surface area (Å²) in [6, 6.07) is 14.8. The molecule has 0 saturated heterocycles. The number of esters is 2. The molecule has 3 aromatic rings. The molecule has 29 heavy (non-hydrogen) atoms. The molecule has 0 unspecified atom stereocenters. The first kappa shape index (κ1) is 20.1. The zero-order valence-electron chi connectivity index (χ0n) is 16.5. The lowest BCUT2D eigenvalue weighted by Gasteiger charge is -2.13. The number of aryl methyl sites for hydroxylation is 1. The van der Waals surface area contributed by atoms with Crippen LogP contribution in [0.3, 0.4) is 0 Å². The van der Waals surface area contributed by atoms with Crippen LogP contribution in [0.4, 0.5) is 0 Å². The number of benzene rings is 2. The van der Waals surface area contributed by atoms with Gasteiger partial charge in [-0.2, -0.15) is 0 Å². The van der Waals surface area contributed by atoms with E-state index in [-0.39, 0.29) is 6.61 Å². The van der Waals surface area contributed by atoms with Gasteiger partial charge >= 0.3 is 11.9 Å². The summed E-state index contributed by atoms with van der Waals surface area (Å²) in [4.78, 5) is 29.0. The van der Waals surface area contributed by atoms with Gasteiger partial charge in [-0.3, -0.25) is 0 Å². The lowest BCUT2D eigenvalue weighted by molar-refractivity contribution is -0.139. The van der Waals surface area contributed by atoms with E-state index < -0.39 is 11.9 Å². The minimum atomic E-state index is -0.556. The van der Waals surface area contributed by atoms with Gasteiger partial charge in [-0.25, -0.2) is 14.6 Å². The number of carbonyl (C=O) groups excluding carboxylic acids is 2. The lowest BCUT2D eigenvalue weighted by atomic mass is 10.0. The van der Waals surface area contributed by atoms with Gasteiger partial charge in [-0.1, -0.05) is 36.4 Å². The van der Waals surface area contributed by atoms with Gasteiger partial charge < -0.3 is 14.2 Å². The van der Waals surface area contributed by atoms with E-state index in [4.69, 9.17) is 14.2 Å². The molecule has 1 heterocycles. The van der Waals surface area contributed by atoms with E-state index in [1.807, 2.05) is 49.4 Å². The lowest BCUT2D eigenvalue weighted by Crippen LogP contribution is -2.13. The second kappa shape index (κ2) is 9.01. The Kier molecular flexibility index (Phi) is 6.24. The van der Waals surface area contributed by atoms with Crippen LogP contribution in [0.25, 0.3) is 17.0 Å². The van der Waals surface area contributed by atoms with E-state index in [1.54, 1.807) is 19.3 Å². The SMILES string of the molecule is COC(=O)c1c(COC(=O)/C=C/c2ccccc2OC)nc2ccccc2c1C. The number of rotatable bonds is 6. The van der Waals surface area contributed by atoms with Crippen LogP contribution in [0.1, 0.15) is 27.2 Å². The first-order valence-electron chi connectivity index (χ1n) is 8.99. The van der Waals surface area contributed by atoms with Gasteiger partial charge in [0.15, 0.2) is 0 Å². The minimum absolute atomic E-state index is 0.148. The molecule has 0 bridgehead atoms. The third-order valence-corrected chi connectivity index (χ3v) is 4.51. The fourth-order valence-electron chi connectivity index (χ4n) is 3.07. The highest BCUT2D eigenvalue weighted by molar-refractivity contribution is 5.98. The number of para-hydroxylation sites is 2. The summed E-state index contributed by atoms with van der Waals surface area (Å²) >= 11 is 0. The normalized spacial score (nSPS) is 10.9. The molecule has 6 nitrogen and oxygen atoms in total. The highest BCUT2D eigenvalue weighted by atomic mass is 16.5. The molecule has 0 aliphatic heterocycles. The van der Waals surface area contributed by atoms with E-state index in [2.05, 4.69) is 4.98 Å². The van der Waals surface area contributed by atoms with Crippen LogP contribution in [-0.2, 0) is 20.9 Å². The van der Waals surface area contributed by atoms with Gasteiger partial charge in [0.1, 0.15) is 12.4 Å². The molecule has 0 fully saturated rings. The molecule has 0 radical (unpaired) electrons. The summed E-state index contributed by atoms with van der Waals surface area (Å²) in [7, 11) is 2.87. The van der Waals surface area contributed by atoms with E-state index in [1.165, 1.54) is 13.2 Å². The van der Waals surface area contributed by atoms with Crippen molar-refractivity contribution < 1.29 is 23.8 Å². The van der Waals surface area contributed by atoms with Gasteiger partial charge in [-0.05, 0) is 30.7 Å². The van der Waals surface area contributed by atoms with Crippen LogP contribution in [0.5, 0.6) is 5.75 Å². The predicted octanol–water partition coefficient (Wildman–Crippen LogP) is 4.10. The number of carbonyl (C=O) groups is 2. The van der Waals surface area contributed by atoms with Crippen LogP contribution in [0.2, 0.25) is 0 Å². The second-order valence-electron chi connectivity index (χ2n) is 6.25. The molecule has 0 aliphatic carbocycles. The maximum absolute atomic E-state index is 12.3. The van der Waals surface area contributed by atoms with Gasteiger partial charge in [0, 0.05) is 17.0 Å². The first-order valence-corrected chi connectivity index (χ1v) is 8.99. The highest BCUT2D eigenvalue weighted by Gasteiger charge is 2.20. The van der Waals surface area contributed by atoms with Crippen molar-refractivity contribution in [2.45, 2.75) is 13.5 Å². The number of nitrogens with zero attached hydrogens (tertiary/aromatic N) is 1. The third-order valence-electron chi connectivity index (χ3n) is 4.51. The van der Waals surface area contributed by atoms with Gasteiger partial charge in [0.25, 0.3) is 0 Å². The quantitative estimate of drug-likeness (QED) is 0.465. The van der Waals surface area contributed by atoms with Crippen molar-refractivity contribution in [1.29, 1.82) is 0 Å². The smallest absolute Gasteiger partial charge is 0.340 e. The van der Waals surface area contributed by atoms with Crippen molar-refractivity contribution in [3.8, 4) is 5.75 Å². The number of aromatic nitrogens is 1. The van der Waals surface area contributed by atoms with Gasteiger partial charge in [0.05, 0.1) is 31.0 Å². The molecule has 3 rings (SSSR count). The summed E-state index contributed by atoms with van der Waals surface area (Å²) in [5.41, 5.74) is 2.87. The molecule has 2 aromatic carbocycles. The van der Waals surface area contributed by atoms with Crippen LogP contribution < -0.4 is 4.74 Å². The number of methoxy groups -OCH3 is 2. The molecule has 1 aromatic heterocycles. The van der Waals surface area contributed by atoms with Crippen LogP contribution in [0.15, 0.2) is 54.6 Å². The Labute approximate surface area is 168 Å². The Morgan fingerprint density at radius 3 is 2.52 bits per heavy atom. The Hall–Kier alpha value is -3.67. The summed E-state index contributed by atoms with van der Waals surface area (Å²) in [5, 5.41) is 0.846. The topological polar surface area (TPSA) is 74.7 Å². The van der Waals surface area contributed by atoms with Gasteiger partial charge in [-0.15, -0.1) is 0 Å². The predicted molar refractivity (Wildman–Crippen MR) is 110 cm³/mol. The van der Waals surface area contributed by atoms with E-state index in [0.29, 0.717) is 22.5 Å². The number of hydrogen-bond donors (Lipinski definition) is 0. The van der Waals surface area contributed by atoms with Crippen molar-refractivity contribution in [1.82, 2.24) is 4.98 Å². The molecule has 6 heteroatoms. The maximum atomic E-state index is 12.3. The van der Waals surface area contributed by atoms with Crippen LogP contribution in [0, 0.1) is 6.92 Å². The Morgan fingerprint density at radius 1 is 1.03 bits per heavy atom. The zero-order valence-corrected chi connectivity index (χ0v) is 16.5. The number of hydrogen-bond acceptors (Lipinski definition) is 6. The molecular weight excluding hydrogens is 370 g/mol.